The minimum absolute atomic E-state index is 0.134. The highest BCUT2D eigenvalue weighted by Crippen LogP contribution is 2.24. The van der Waals surface area contributed by atoms with Gasteiger partial charge in [0.15, 0.2) is 5.76 Å². The Labute approximate surface area is 128 Å². The third kappa shape index (κ3) is 3.04. The van der Waals surface area contributed by atoms with E-state index in [-0.39, 0.29) is 24.2 Å². The second-order valence-electron chi connectivity index (χ2n) is 5.59. The lowest BCUT2D eigenvalue weighted by Crippen LogP contribution is -2.39. The van der Waals surface area contributed by atoms with Gasteiger partial charge in [0, 0.05) is 25.3 Å². The molecule has 3 rings (SSSR count). The number of halogens is 1. The fourth-order valence-corrected chi connectivity index (χ4v) is 2.70. The lowest BCUT2D eigenvalue weighted by atomic mass is 9.98. The number of hydrogen-bond donors (Lipinski definition) is 1. The largest absolute Gasteiger partial charge is 0.451 e. The van der Waals surface area contributed by atoms with Gasteiger partial charge in [-0.2, -0.15) is 0 Å². The van der Waals surface area contributed by atoms with Gasteiger partial charge in [0.25, 0.3) is 5.91 Å². The maximum atomic E-state index is 12.9. The van der Waals surface area contributed by atoms with Crippen molar-refractivity contribution in [3.8, 4) is 11.3 Å². The predicted molar refractivity (Wildman–Crippen MR) is 79.8 cm³/mol. The molecule has 1 aliphatic heterocycles. The zero-order chi connectivity index (χ0) is 15.5. The zero-order valence-corrected chi connectivity index (χ0v) is 12.2. The number of benzene rings is 1. The number of carbonyl (C=O) groups is 1. The van der Waals surface area contributed by atoms with E-state index in [1.165, 1.54) is 12.1 Å². The van der Waals surface area contributed by atoms with Crippen LogP contribution < -0.4 is 0 Å². The van der Waals surface area contributed by atoms with E-state index < -0.39 is 0 Å². The molecule has 1 aromatic carbocycles. The van der Waals surface area contributed by atoms with Gasteiger partial charge in [-0.05, 0) is 55.2 Å². The molecule has 1 saturated heterocycles. The lowest BCUT2D eigenvalue weighted by Gasteiger charge is -2.30. The zero-order valence-electron chi connectivity index (χ0n) is 12.2. The van der Waals surface area contributed by atoms with Crippen LogP contribution in [-0.2, 0) is 0 Å². The molecule has 2 heterocycles. The molecule has 2 aromatic rings. The van der Waals surface area contributed by atoms with Crippen LogP contribution in [0.15, 0.2) is 40.8 Å². The first-order valence-corrected chi connectivity index (χ1v) is 7.43. The first kappa shape index (κ1) is 14.8. The average Bonchev–Trinajstić information content (AvgIpc) is 3.05. The summed E-state index contributed by atoms with van der Waals surface area (Å²) in [7, 11) is 0. The molecule has 0 atom stereocenters. The summed E-state index contributed by atoms with van der Waals surface area (Å²) in [5.74, 6) is 0.689. The van der Waals surface area contributed by atoms with Crippen molar-refractivity contribution >= 4 is 5.91 Å². The first-order valence-electron chi connectivity index (χ1n) is 7.43. The predicted octanol–water partition coefficient (Wildman–Crippen LogP) is 2.93. The van der Waals surface area contributed by atoms with E-state index in [4.69, 9.17) is 9.52 Å². The highest BCUT2D eigenvalue weighted by atomic mass is 19.1. The Kier molecular flexibility index (Phi) is 4.24. The standard InChI is InChI=1S/C17H18FNO3/c18-14-3-1-13(2-4-14)15-5-6-16(22-15)17(21)19-9-7-12(11-20)8-10-19/h1-6,12,20H,7-11H2. The van der Waals surface area contributed by atoms with Crippen LogP contribution in [-0.4, -0.2) is 35.6 Å². The summed E-state index contributed by atoms with van der Waals surface area (Å²) in [6, 6.07) is 9.34. The van der Waals surface area contributed by atoms with E-state index >= 15 is 0 Å². The van der Waals surface area contributed by atoms with Crippen LogP contribution in [0.5, 0.6) is 0 Å². The third-order valence-corrected chi connectivity index (χ3v) is 4.11. The first-order chi connectivity index (χ1) is 10.7. The Morgan fingerprint density at radius 1 is 1.18 bits per heavy atom. The average molecular weight is 303 g/mol. The monoisotopic (exact) mass is 303 g/mol. The number of aliphatic hydroxyl groups excluding tert-OH is 1. The highest BCUT2D eigenvalue weighted by molar-refractivity contribution is 5.92. The van der Waals surface area contributed by atoms with Crippen LogP contribution in [0.2, 0.25) is 0 Å². The smallest absolute Gasteiger partial charge is 0.289 e. The normalized spacial score (nSPS) is 16.0. The number of amides is 1. The molecule has 0 radical (unpaired) electrons. The third-order valence-electron chi connectivity index (χ3n) is 4.11. The molecule has 1 amide bonds. The van der Waals surface area contributed by atoms with Crippen molar-refractivity contribution in [3.63, 3.8) is 0 Å². The second kappa shape index (κ2) is 6.32. The topological polar surface area (TPSA) is 53.7 Å². The summed E-state index contributed by atoms with van der Waals surface area (Å²) in [5, 5.41) is 9.13. The fraction of sp³-hybridized carbons (Fsp3) is 0.353. The Balaban J connectivity index is 1.71. The summed E-state index contributed by atoms with van der Waals surface area (Å²) < 4.78 is 18.5. The maximum Gasteiger partial charge on any atom is 0.289 e. The summed E-state index contributed by atoms with van der Waals surface area (Å²) in [4.78, 5) is 14.2. The number of likely N-dealkylation sites (tertiary alicyclic amines) is 1. The van der Waals surface area contributed by atoms with Gasteiger partial charge in [0.1, 0.15) is 11.6 Å². The summed E-state index contributed by atoms with van der Waals surface area (Å²) >= 11 is 0. The minimum Gasteiger partial charge on any atom is -0.451 e. The number of piperidine rings is 1. The molecule has 116 valence electrons. The molecule has 0 spiro atoms. The van der Waals surface area contributed by atoms with Gasteiger partial charge in [0.05, 0.1) is 0 Å². The van der Waals surface area contributed by atoms with Crippen LogP contribution in [0.25, 0.3) is 11.3 Å². The summed E-state index contributed by atoms with van der Waals surface area (Å²) in [5.41, 5.74) is 0.736. The molecular weight excluding hydrogens is 285 g/mol. The van der Waals surface area contributed by atoms with Gasteiger partial charge in [0.2, 0.25) is 0 Å². The fourth-order valence-electron chi connectivity index (χ4n) is 2.70. The second-order valence-corrected chi connectivity index (χ2v) is 5.59. The van der Waals surface area contributed by atoms with Gasteiger partial charge in [-0.3, -0.25) is 4.79 Å². The van der Waals surface area contributed by atoms with E-state index in [1.54, 1.807) is 29.2 Å². The summed E-state index contributed by atoms with van der Waals surface area (Å²) in [6.45, 7) is 1.45. The molecule has 1 fully saturated rings. The van der Waals surface area contributed by atoms with E-state index in [0.29, 0.717) is 24.6 Å². The maximum absolute atomic E-state index is 12.9. The Morgan fingerprint density at radius 2 is 1.86 bits per heavy atom. The van der Waals surface area contributed by atoms with Crippen molar-refractivity contribution in [2.24, 2.45) is 5.92 Å². The summed E-state index contributed by atoms with van der Waals surface area (Å²) in [6.07, 6.45) is 1.63. The van der Waals surface area contributed by atoms with E-state index in [1.807, 2.05) is 0 Å². The molecular formula is C17H18FNO3. The SMILES string of the molecule is O=C(c1ccc(-c2ccc(F)cc2)o1)N1CCC(CO)CC1. The van der Waals surface area contributed by atoms with Gasteiger partial charge < -0.3 is 14.4 Å². The van der Waals surface area contributed by atoms with Gasteiger partial charge in [-0.25, -0.2) is 4.39 Å². The van der Waals surface area contributed by atoms with Gasteiger partial charge in [-0.1, -0.05) is 0 Å². The Hall–Kier alpha value is -2.14. The van der Waals surface area contributed by atoms with Crippen LogP contribution in [0.3, 0.4) is 0 Å². The molecule has 0 aliphatic carbocycles. The molecule has 5 heteroatoms. The minimum atomic E-state index is -0.307. The number of aliphatic hydroxyl groups is 1. The van der Waals surface area contributed by atoms with Crippen LogP contribution in [0.1, 0.15) is 23.4 Å². The Morgan fingerprint density at radius 3 is 2.50 bits per heavy atom. The molecule has 4 nitrogen and oxygen atoms in total. The van der Waals surface area contributed by atoms with Crippen LogP contribution in [0.4, 0.5) is 4.39 Å². The molecule has 0 saturated carbocycles. The van der Waals surface area contributed by atoms with E-state index in [9.17, 15) is 9.18 Å². The van der Waals surface area contributed by atoms with Gasteiger partial charge in [-0.15, -0.1) is 0 Å². The van der Waals surface area contributed by atoms with Crippen molar-refractivity contribution in [2.75, 3.05) is 19.7 Å². The van der Waals surface area contributed by atoms with Crippen molar-refractivity contribution < 1.29 is 18.7 Å². The highest BCUT2D eigenvalue weighted by Gasteiger charge is 2.25. The molecule has 1 N–H and O–H groups in total. The van der Waals surface area contributed by atoms with E-state index in [0.717, 1.165) is 18.4 Å². The molecule has 1 aromatic heterocycles. The van der Waals surface area contributed by atoms with E-state index in [2.05, 4.69) is 0 Å². The molecule has 1 aliphatic rings. The number of carbonyl (C=O) groups excluding carboxylic acids is 1. The van der Waals surface area contributed by atoms with Crippen molar-refractivity contribution in [1.29, 1.82) is 0 Å². The van der Waals surface area contributed by atoms with Gasteiger partial charge >= 0.3 is 0 Å². The van der Waals surface area contributed by atoms with Crippen LogP contribution >= 0.6 is 0 Å². The van der Waals surface area contributed by atoms with Crippen LogP contribution in [0, 0.1) is 11.7 Å². The molecule has 0 unspecified atom stereocenters. The lowest BCUT2D eigenvalue weighted by molar-refractivity contribution is 0.0621. The Bertz CT molecular complexity index is 642. The number of rotatable bonds is 3. The molecule has 22 heavy (non-hydrogen) atoms. The number of furan rings is 1. The van der Waals surface area contributed by atoms with Crippen molar-refractivity contribution in [3.05, 3.63) is 48.0 Å². The number of nitrogens with zero attached hydrogens (tertiary/aromatic N) is 1. The van der Waals surface area contributed by atoms with Crippen molar-refractivity contribution in [1.82, 2.24) is 4.90 Å². The van der Waals surface area contributed by atoms with Crippen molar-refractivity contribution in [2.45, 2.75) is 12.8 Å². The molecule has 0 bridgehead atoms. The number of hydrogen-bond acceptors (Lipinski definition) is 3. The quantitative estimate of drug-likeness (QED) is 0.948.